The van der Waals surface area contributed by atoms with E-state index in [1.54, 1.807) is 12.1 Å². The van der Waals surface area contributed by atoms with Crippen molar-refractivity contribution in [2.45, 2.75) is 26.2 Å². The highest BCUT2D eigenvalue weighted by Gasteiger charge is 2.12. The molecule has 5 heteroatoms. The molecule has 0 aromatic carbocycles. The average Bonchev–Trinajstić information content (AvgIpc) is 2.39. The van der Waals surface area contributed by atoms with Crippen LogP contribution >= 0.6 is 0 Å². The summed E-state index contributed by atoms with van der Waals surface area (Å²) >= 11 is 0. The molecule has 1 aromatic heterocycles. The van der Waals surface area contributed by atoms with E-state index in [0.717, 1.165) is 43.5 Å². The Balaban J connectivity index is 1.86. The number of rotatable bonds is 5. The zero-order chi connectivity index (χ0) is 13.7. The molecule has 5 nitrogen and oxygen atoms in total. The number of aromatic nitrogens is 1. The number of anilines is 1. The summed E-state index contributed by atoms with van der Waals surface area (Å²) in [4.78, 5) is 15.5. The summed E-state index contributed by atoms with van der Waals surface area (Å²) in [6.45, 7) is 4.99. The second-order valence-corrected chi connectivity index (χ2v) is 5.17. The van der Waals surface area contributed by atoms with E-state index in [9.17, 15) is 4.79 Å². The molecule has 0 radical (unpaired) electrons. The van der Waals surface area contributed by atoms with Crippen molar-refractivity contribution in [2.24, 2.45) is 11.7 Å². The minimum Gasteiger partial charge on any atom is -0.370 e. The van der Waals surface area contributed by atoms with E-state index >= 15 is 0 Å². The summed E-state index contributed by atoms with van der Waals surface area (Å²) < 4.78 is 0. The number of hydrogen-bond acceptors (Lipinski definition) is 4. The van der Waals surface area contributed by atoms with Crippen LogP contribution in [-0.2, 0) is 0 Å². The van der Waals surface area contributed by atoms with Crippen molar-refractivity contribution in [3.05, 3.63) is 23.4 Å². The van der Waals surface area contributed by atoms with Gasteiger partial charge < -0.3 is 16.4 Å². The van der Waals surface area contributed by atoms with Gasteiger partial charge >= 0.3 is 0 Å². The monoisotopic (exact) mass is 262 g/mol. The highest BCUT2D eigenvalue weighted by atomic mass is 16.1. The van der Waals surface area contributed by atoms with Gasteiger partial charge in [0.1, 0.15) is 5.82 Å². The van der Waals surface area contributed by atoms with Crippen molar-refractivity contribution < 1.29 is 4.79 Å². The molecule has 0 spiro atoms. The standard InChI is InChI=1S/C14H22N4O/c1-10-7-12(14(15)19)8-13(18-10)17-6-4-11-3-2-5-16-9-11/h7-8,11,16H,2-6,9H2,1H3,(H2,15,19)(H,17,18). The maximum atomic E-state index is 11.2. The molecule has 1 saturated heterocycles. The van der Waals surface area contributed by atoms with Crippen molar-refractivity contribution in [3.63, 3.8) is 0 Å². The third-order valence-electron chi connectivity index (χ3n) is 3.50. The Labute approximate surface area is 114 Å². The molecular weight excluding hydrogens is 240 g/mol. The number of nitrogens with two attached hydrogens (primary N) is 1. The van der Waals surface area contributed by atoms with Crippen LogP contribution in [0.3, 0.4) is 0 Å². The summed E-state index contributed by atoms with van der Waals surface area (Å²) in [5, 5.41) is 6.69. The predicted octanol–water partition coefficient (Wildman–Crippen LogP) is 1.29. The van der Waals surface area contributed by atoms with E-state index in [1.165, 1.54) is 12.8 Å². The maximum absolute atomic E-state index is 11.2. The van der Waals surface area contributed by atoms with Gasteiger partial charge in [0.05, 0.1) is 0 Å². The van der Waals surface area contributed by atoms with Gasteiger partial charge in [0.25, 0.3) is 0 Å². The summed E-state index contributed by atoms with van der Waals surface area (Å²) in [7, 11) is 0. The van der Waals surface area contributed by atoms with Gasteiger partial charge in [-0.25, -0.2) is 4.98 Å². The summed E-state index contributed by atoms with van der Waals surface area (Å²) in [5.74, 6) is 1.06. The van der Waals surface area contributed by atoms with Crippen LogP contribution in [-0.4, -0.2) is 30.5 Å². The lowest BCUT2D eigenvalue weighted by Gasteiger charge is -2.22. The SMILES string of the molecule is Cc1cc(C(N)=O)cc(NCCC2CCCNC2)n1. The van der Waals surface area contributed by atoms with Crippen LogP contribution in [0.2, 0.25) is 0 Å². The Bertz CT molecular complexity index is 441. The normalized spacial score (nSPS) is 19.1. The van der Waals surface area contributed by atoms with Crippen LogP contribution in [0.15, 0.2) is 12.1 Å². The van der Waals surface area contributed by atoms with Crippen molar-refractivity contribution in [1.29, 1.82) is 0 Å². The minimum atomic E-state index is -0.412. The van der Waals surface area contributed by atoms with Gasteiger partial charge in [-0.3, -0.25) is 4.79 Å². The fourth-order valence-corrected chi connectivity index (χ4v) is 2.48. The number of carbonyl (C=O) groups is 1. The van der Waals surface area contributed by atoms with E-state index in [4.69, 9.17) is 5.73 Å². The third-order valence-corrected chi connectivity index (χ3v) is 3.50. The molecule has 19 heavy (non-hydrogen) atoms. The van der Waals surface area contributed by atoms with Crippen LogP contribution in [0.5, 0.6) is 0 Å². The third kappa shape index (κ3) is 4.21. The molecule has 1 aromatic rings. The zero-order valence-corrected chi connectivity index (χ0v) is 11.4. The van der Waals surface area contributed by atoms with Gasteiger partial charge in [-0.1, -0.05) is 0 Å². The molecular formula is C14H22N4O. The first-order chi connectivity index (χ1) is 9.15. The van der Waals surface area contributed by atoms with Crippen molar-refractivity contribution in [3.8, 4) is 0 Å². The lowest BCUT2D eigenvalue weighted by molar-refractivity contribution is 0.1000. The zero-order valence-electron chi connectivity index (χ0n) is 11.4. The van der Waals surface area contributed by atoms with Crippen LogP contribution in [0.1, 0.15) is 35.3 Å². The van der Waals surface area contributed by atoms with Crippen molar-refractivity contribution >= 4 is 11.7 Å². The molecule has 1 amide bonds. The molecule has 1 fully saturated rings. The van der Waals surface area contributed by atoms with E-state index in [2.05, 4.69) is 15.6 Å². The second kappa shape index (κ2) is 6.52. The number of hydrogen-bond donors (Lipinski definition) is 3. The largest absolute Gasteiger partial charge is 0.370 e. The molecule has 4 N–H and O–H groups in total. The average molecular weight is 262 g/mol. The number of carbonyl (C=O) groups excluding carboxylic acids is 1. The Kier molecular flexibility index (Phi) is 4.74. The first-order valence-corrected chi connectivity index (χ1v) is 6.88. The Morgan fingerprint density at radius 1 is 1.58 bits per heavy atom. The predicted molar refractivity (Wildman–Crippen MR) is 76.2 cm³/mol. The van der Waals surface area contributed by atoms with Gasteiger partial charge in [-0.2, -0.15) is 0 Å². The fourth-order valence-electron chi connectivity index (χ4n) is 2.48. The highest BCUT2D eigenvalue weighted by Crippen LogP contribution is 2.15. The van der Waals surface area contributed by atoms with E-state index in [-0.39, 0.29) is 0 Å². The first-order valence-electron chi connectivity index (χ1n) is 6.88. The van der Waals surface area contributed by atoms with E-state index in [0.29, 0.717) is 5.56 Å². The number of piperidine rings is 1. The van der Waals surface area contributed by atoms with Crippen molar-refractivity contribution in [2.75, 3.05) is 25.0 Å². The molecule has 0 bridgehead atoms. The molecule has 1 aliphatic rings. The quantitative estimate of drug-likeness (QED) is 0.747. The van der Waals surface area contributed by atoms with Gasteiger partial charge in [-0.15, -0.1) is 0 Å². The number of nitrogens with one attached hydrogen (secondary N) is 2. The van der Waals surface area contributed by atoms with Gasteiger partial charge in [0.15, 0.2) is 0 Å². The summed E-state index contributed by atoms with van der Waals surface area (Å²) in [5.41, 5.74) is 6.61. The number of aryl methyl sites for hydroxylation is 1. The van der Waals surface area contributed by atoms with Crippen LogP contribution in [0, 0.1) is 12.8 Å². The number of pyridine rings is 1. The maximum Gasteiger partial charge on any atom is 0.248 e. The lowest BCUT2D eigenvalue weighted by Crippen LogP contribution is -2.30. The van der Waals surface area contributed by atoms with Crippen LogP contribution in [0.25, 0.3) is 0 Å². The molecule has 1 atom stereocenters. The van der Waals surface area contributed by atoms with Crippen molar-refractivity contribution in [1.82, 2.24) is 10.3 Å². The molecule has 2 rings (SSSR count). The Hall–Kier alpha value is -1.62. The van der Waals surface area contributed by atoms with E-state index < -0.39 is 5.91 Å². The molecule has 0 saturated carbocycles. The van der Waals surface area contributed by atoms with E-state index in [1.807, 2.05) is 6.92 Å². The van der Waals surface area contributed by atoms with Gasteiger partial charge in [-0.05, 0) is 57.3 Å². The van der Waals surface area contributed by atoms with Gasteiger partial charge in [0.2, 0.25) is 5.91 Å². The Morgan fingerprint density at radius 3 is 3.11 bits per heavy atom. The minimum absolute atomic E-state index is 0.412. The summed E-state index contributed by atoms with van der Waals surface area (Å²) in [6.07, 6.45) is 3.68. The van der Waals surface area contributed by atoms with Crippen LogP contribution < -0.4 is 16.4 Å². The first kappa shape index (κ1) is 13.8. The second-order valence-electron chi connectivity index (χ2n) is 5.17. The fraction of sp³-hybridized carbons (Fsp3) is 0.571. The number of primary amides is 1. The molecule has 104 valence electrons. The number of amides is 1. The molecule has 0 aliphatic carbocycles. The smallest absolute Gasteiger partial charge is 0.248 e. The highest BCUT2D eigenvalue weighted by molar-refractivity contribution is 5.93. The lowest BCUT2D eigenvalue weighted by atomic mass is 9.96. The summed E-state index contributed by atoms with van der Waals surface area (Å²) in [6, 6.07) is 3.42. The molecule has 1 unspecified atom stereocenters. The van der Waals surface area contributed by atoms with Gasteiger partial charge in [0, 0.05) is 17.8 Å². The molecule has 2 heterocycles. The van der Waals surface area contributed by atoms with Crippen LogP contribution in [0.4, 0.5) is 5.82 Å². The molecule has 1 aliphatic heterocycles. The number of nitrogens with zero attached hydrogens (tertiary/aromatic N) is 1. The topological polar surface area (TPSA) is 80.0 Å². The Morgan fingerprint density at radius 2 is 2.42 bits per heavy atom.